The molecule has 0 aromatic heterocycles. The normalized spacial score (nSPS) is 14.7. The zero-order valence-electron chi connectivity index (χ0n) is 9.40. The molecule has 2 rings (SSSR count). The molecule has 1 aromatic carbocycles. The molecule has 0 spiro atoms. The van der Waals surface area contributed by atoms with Gasteiger partial charge < -0.3 is 10.6 Å². The van der Waals surface area contributed by atoms with Gasteiger partial charge in [0.1, 0.15) is 0 Å². The first kappa shape index (κ1) is 11.3. The first-order valence-electron chi connectivity index (χ1n) is 5.43. The maximum Gasteiger partial charge on any atom is 0.232 e. The summed E-state index contributed by atoms with van der Waals surface area (Å²) in [4.78, 5) is 14.6. The van der Waals surface area contributed by atoms with Crippen molar-refractivity contribution < 1.29 is 4.79 Å². The molecule has 3 nitrogen and oxygen atoms in total. The van der Waals surface area contributed by atoms with Crippen molar-refractivity contribution in [2.45, 2.75) is 18.2 Å². The Kier molecular flexibility index (Phi) is 3.39. The van der Waals surface area contributed by atoms with Gasteiger partial charge in [-0.1, -0.05) is 6.07 Å². The van der Waals surface area contributed by atoms with Crippen LogP contribution in [-0.2, 0) is 4.79 Å². The van der Waals surface area contributed by atoms with E-state index < -0.39 is 0 Å². The van der Waals surface area contributed by atoms with Gasteiger partial charge in [0.25, 0.3) is 0 Å². The zero-order valence-corrected chi connectivity index (χ0v) is 10.2. The molecule has 1 fully saturated rings. The fourth-order valence-corrected chi connectivity index (χ4v) is 2.53. The van der Waals surface area contributed by atoms with Crippen molar-refractivity contribution in [1.29, 1.82) is 0 Å². The van der Waals surface area contributed by atoms with Crippen LogP contribution in [0.25, 0.3) is 0 Å². The Hall–Kier alpha value is -1.16. The first-order valence-corrected chi connectivity index (χ1v) is 6.42. The lowest BCUT2D eigenvalue weighted by Crippen LogP contribution is -2.43. The molecule has 16 heavy (non-hydrogen) atoms. The third-order valence-corrected chi connectivity index (χ3v) is 3.78. The molecule has 2 N–H and O–H groups in total. The van der Waals surface area contributed by atoms with Gasteiger partial charge in [-0.05, 0) is 31.0 Å². The van der Waals surface area contributed by atoms with Gasteiger partial charge >= 0.3 is 0 Å². The van der Waals surface area contributed by atoms with Crippen LogP contribution in [0.5, 0.6) is 0 Å². The predicted octanol–water partition coefficient (Wildman–Crippen LogP) is 1.90. The number of likely N-dealkylation sites (tertiary alicyclic amines) is 1. The molecule has 0 atom stereocenters. The van der Waals surface area contributed by atoms with Crippen molar-refractivity contribution in [3.8, 4) is 0 Å². The van der Waals surface area contributed by atoms with Crippen LogP contribution in [0.2, 0.25) is 0 Å². The number of amides is 1. The summed E-state index contributed by atoms with van der Waals surface area (Å²) in [6, 6.07) is 5.91. The lowest BCUT2D eigenvalue weighted by Gasteiger charge is -2.30. The van der Waals surface area contributed by atoms with Crippen molar-refractivity contribution in [3.05, 3.63) is 23.8 Å². The van der Waals surface area contributed by atoms with Crippen LogP contribution in [0.1, 0.15) is 12.0 Å². The molecule has 1 saturated heterocycles. The number of benzene rings is 1. The Morgan fingerprint density at radius 2 is 2.25 bits per heavy atom. The van der Waals surface area contributed by atoms with Gasteiger partial charge in [-0.3, -0.25) is 4.79 Å². The van der Waals surface area contributed by atoms with Crippen molar-refractivity contribution >= 4 is 23.4 Å². The summed E-state index contributed by atoms with van der Waals surface area (Å²) in [6.45, 7) is 3.87. The van der Waals surface area contributed by atoms with Gasteiger partial charge in [0, 0.05) is 23.7 Å². The summed E-state index contributed by atoms with van der Waals surface area (Å²) in [5.74, 6) is 0.713. The summed E-state index contributed by atoms with van der Waals surface area (Å²) in [5, 5.41) is 0. The molecule has 0 saturated carbocycles. The highest BCUT2D eigenvalue weighted by molar-refractivity contribution is 8.00. The monoisotopic (exact) mass is 236 g/mol. The van der Waals surface area contributed by atoms with Crippen LogP contribution in [0, 0.1) is 6.92 Å². The number of anilines is 1. The molecule has 0 bridgehead atoms. The molecule has 0 unspecified atom stereocenters. The lowest BCUT2D eigenvalue weighted by atomic mass is 10.2. The van der Waals surface area contributed by atoms with Crippen molar-refractivity contribution in [1.82, 2.24) is 4.90 Å². The second-order valence-corrected chi connectivity index (χ2v) is 5.08. The van der Waals surface area contributed by atoms with Crippen molar-refractivity contribution in [3.63, 3.8) is 0 Å². The molecule has 0 radical (unpaired) electrons. The molecule has 1 aromatic rings. The Morgan fingerprint density at radius 1 is 1.50 bits per heavy atom. The number of rotatable bonds is 3. The fraction of sp³-hybridized carbons (Fsp3) is 0.417. The number of thioether (sulfide) groups is 1. The number of carbonyl (C=O) groups excluding carboxylic acids is 1. The van der Waals surface area contributed by atoms with Crippen LogP contribution in [0.3, 0.4) is 0 Å². The number of nitrogens with two attached hydrogens (primary N) is 1. The van der Waals surface area contributed by atoms with E-state index in [0.717, 1.165) is 30.1 Å². The third-order valence-electron chi connectivity index (χ3n) is 2.73. The van der Waals surface area contributed by atoms with E-state index in [0.29, 0.717) is 5.75 Å². The molecule has 1 amide bonds. The number of hydrogen-bond acceptors (Lipinski definition) is 3. The summed E-state index contributed by atoms with van der Waals surface area (Å²) in [7, 11) is 0. The Morgan fingerprint density at radius 3 is 2.88 bits per heavy atom. The third kappa shape index (κ3) is 2.50. The standard InChI is InChI=1S/C12H16N2OS/c1-9-3-4-10(13)11(7-9)16-8-12(15)14-5-2-6-14/h3-4,7H,2,5-6,8,13H2,1H3. The average molecular weight is 236 g/mol. The Balaban J connectivity index is 1.93. The molecule has 0 aliphatic carbocycles. The highest BCUT2D eigenvalue weighted by Crippen LogP contribution is 2.26. The van der Waals surface area contributed by atoms with Crippen LogP contribution < -0.4 is 5.73 Å². The highest BCUT2D eigenvalue weighted by atomic mass is 32.2. The topological polar surface area (TPSA) is 46.3 Å². The van der Waals surface area contributed by atoms with Gasteiger partial charge in [-0.2, -0.15) is 0 Å². The Bertz CT molecular complexity index is 402. The quantitative estimate of drug-likeness (QED) is 0.644. The van der Waals surface area contributed by atoms with Gasteiger partial charge in [0.2, 0.25) is 5.91 Å². The maximum atomic E-state index is 11.7. The van der Waals surface area contributed by atoms with Crippen molar-refractivity contribution in [2.75, 3.05) is 24.6 Å². The smallest absolute Gasteiger partial charge is 0.232 e. The molecular formula is C12H16N2OS. The zero-order chi connectivity index (χ0) is 11.5. The molecule has 1 aliphatic rings. The fourth-order valence-electron chi connectivity index (χ4n) is 1.56. The highest BCUT2D eigenvalue weighted by Gasteiger charge is 2.19. The van der Waals surface area contributed by atoms with Crippen LogP contribution >= 0.6 is 11.8 Å². The largest absolute Gasteiger partial charge is 0.398 e. The predicted molar refractivity (Wildman–Crippen MR) is 67.5 cm³/mol. The van der Waals surface area contributed by atoms with Crippen molar-refractivity contribution in [2.24, 2.45) is 0 Å². The number of aryl methyl sites for hydroxylation is 1. The lowest BCUT2D eigenvalue weighted by molar-refractivity contribution is -0.131. The van der Waals surface area contributed by atoms with E-state index >= 15 is 0 Å². The molecule has 1 aliphatic heterocycles. The van der Waals surface area contributed by atoms with Gasteiger partial charge in [-0.25, -0.2) is 0 Å². The minimum atomic E-state index is 0.220. The number of nitrogens with zero attached hydrogens (tertiary/aromatic N) is 1. The summed E-state index contributed by atoms with van der Waals surface area (Å²) in [5.41, 5.74) is 7.78. The number of nitrogen functional groups attached to an aromatic ring is 1. The van der Waals surface area contributed by atoms with Crippen LogP contribution in [0.4, 0.5) is 5.69 Å². The summed E-state index contributed by atoms with van der Waals surface area (Å²) in [6.07, 6.45) is 1.14. The van der Waals surface area contributed by atoms with E-state index in [1.165, 1.54) is 17.3 Å². The second kappa shape index (κ2) is 4.78. The van der Waals surface area contributed by atoms with Gasteiger partial charge in [-0.15, -0.1) is 11.8 Å². The molecule has 86 valence electrons. The summed E-state index contributed by atoms with van der Waals surface area (Å²) >= 11 is 1.53. The van der Waals surface area contributed by atoms with Gasteiger partial charge in [0.05, 0.1) is 5.75 Å². The first-order chi connectivity index (χ1) is 7.66. The maximum absolute atomic E-state index is 11.7. The number of carbonyl (C=O) groups is 1. The van der Waals surface area contributed by atoms with E-state index in [2.05, 4.69) is 0 Å². The minimum absolute atomic E-state index is 0.220. The van der Waals surface area contributed by atoms with E-state index in [1.54, 1.807) is 0 Å². The van der Waals surface area contributed by atoms with E-state index in [9.17, 15) is 4.79 Å². The summed E-state index contributed by atoms with van der Waals surface area (Å²) < 4.78 is 0. The molecule has 1 heterocycles. The van der Waals surface area contributed by atoms with Crippen LogP contribution in [-0.4, -0.2) is 29.6 Å². The Labute approximate surface area is 100.0 Å². The van der Waals surface area contributed by atoms with E-state index in [1.807, 2.05) is 30.0 Å². The second-order valence-electron chi connectivity index (χ2n) is 4.06. The number of hydrogen-bond donors (Lipinski definition) is 1. The minimum Gasteiger partial charge on any atom is -0.398 e. The molecule has 4 heteroatoms. The average Bonchev–Trinajstić information content (AvgIpc) is 2.17. The SMILES string of the molecule is Cc1ccc(N)c(SCC(=O)N2CCC2)c1. The van der Waals surface area contributed by atoms with Crippen LogP contribution in [0.15, 0.2) is 23.1 Å². The van der Waals surface area contributed by atoms with Gasteiger partial charge in [0.15, 0.2) is 0 Å². The van der Waals surface area contributed by atoms with E-state index in [-0.39, 0.29) is 5.91 Å². The molecular weight excluding hydrogens is 220 g/mol. The van der Waals surface area contributed by atoms with E-state index in [4.69, 9.17) is 5.73 Å².